The molecule has 0 saturated heterocycles. The average molecular weight is 285 g/mol. The minimum absolute atomic E-state index is 0.0102. The van der Waals surface area contributed by atoms with Crippen molar-refractivity contribution in [3.05, 3.63) is 24.0 Å². The van der Waals surface area contributed by atoms with Crippen LogP contribution in [-0.2, 0) is 4.74 Å². The molecule has 4 N–H and O–H groups in total. The van der Waals surface area contributed by atoms with Crippen molar-refractivity contribution in [3.8, 4) is 0 Å². The maximum atomic E-state index is 8.45. The van der Waals surface area contributed by atoms with Crippen LogP contribution in [0.25, 0.3) is 0 Å². The van der Waals surface area contributed by atoms with Crippen LogP contribution < -0.4 is 10.8 Å². The Hall–Kier alpha value is -1.11. The predicted octanol–water partition coefficient (Wildman–Crippen LogP) is 2.55. The van der Waals surface area contributed by atoms with Gasteiger partial charge < -0.3 is 15.5 Å². The molecule has 0 radical (unpaired) electrons. The van der Waals surface area contributed by atoms with E-state index in [1.165, 1.54) is 12.4 Å². The molecule has 0 aromatic rings. The van der Waals surface area contributed by atoms with Crippen LogP contribution in [0.4, 0.5) is 0 Å². The van der Waals surface area contributed by atoms with Crippen molar-refractivity contribution in [3.63, 3.8) is 0 Å². The third-order valence-electron chi connectivity index (χ3n) is 2.56. The van der Waals surface area contributed by atoms with Crippen LogP contribution in [0.2, 0.25) is 25.7 Å². The number of hydrogen-bond donors (Lipinski definition) is 4. The van der Waals surface area contributed by atoms with Gasteiger partial charge in [0.1, 0.15) is 6.73 Å². The lowest BCUT2D eigenvalue weighted by Gasteiger charge is -2.17. The second-order valence-corrected chi connectivity index (χ2v) is 11.2. The summed E-state index contributed by atoms with van der Waals surface area (Å²) >= 11 is 0. The van der Waals surface area contributed by atoms with Gasteiger partial charge in [-0.25, -0.2) is 0 Å². The van der Waals surface area contributed by atoms with E-state index < -0.39 is 8.07 Å². The Kier molecular flexibility index (Phi) is 9.20. The highest BCUT2D eigenvalue weighted by atomic mass is 28.3. The molecule has 0 saturated carbocycles. The minimum atomic E-state index is -1.04. The predicted molar refractivity (Wildman–Crippen MR) is 82.2 cm³/mol. The van der Waals surface area contributed by atoms with Gasteiger partial charge in [-0.05, 0) is 18.2 Å². The lowest BCUT2D eigenvalue weighted by atomic mass is 10.1. The summed E-state index contributed by atoms with van der Waals surface area (Å²) in [6.45, 7) is 10.1. The Morgan fingerprint density at radius 2 is 2.11 bits per heavy atom. The third-order valence-corrected chi connectivity index (χ3v) is 4.27. The Morgan fingerprint density at radius 3 is 2.63 bits per heavy atom. The molecule has 0 spiro atoms. The van der Waals surface area contributed by atoms with E-state index in [1.807, 2.05) is 12.4 Å². The second-order valence-electron chi connectivity index (χ2n) is 5.61. The maximum Gasteiger partial charge on any atom is 0.116 e. The normalized spacial score (nSPS) is 14.5. The first-order valence-electron chi connectivity index (χ1n) is 6.49. The smallest absolute Gasteiger partial charge is 0.116 e. The number of rotatable bonds is 10. The zero-order valence-corrected chi connectivity index (χ0v) is 13.4. The fourth-order valence-electron chi connectivity index (χ4n) is 1.24. The molecule has 0 aromatic carbocycles. The summed E-state index contributed by atoms with van der Waals surface area (Å²) in [5.41, 5.74) is 2.82. The summed E-state index contributed by atoms with van der Waals surface area (Å²) in [5.74, 6) is -0.0102. The van der Waals surface area contributed by atoms with Gasteiger partial charge in [-0.2, -0.15) is 0 Å². The molecular formula is C13H27N3O2Si. The first-order chi connectivity index (χ1) is 8.90. The van der Waals surface area contributed by atoms with Gasteiger partial charge in [0.05, 0.1) is 0 Å². The Labute approximate surface area is 117 Å². The Balaban J connectivity index is 4.10. The minimum Gasteiger partial charge on any atom is -0.366 e. The van der Waals surface area contributed by atoms with Gasteiger partial charge in [0.15, 0.2) is 0 Å². The molecule has 5 nitrogen and oxygen atoms in total. The van der Waals surface area contributed by atoms with Gasteiger partial charge >= 0.3 is 0 Å². The molecule has 0 aliphatic heterocycles. The lowest BCUT2D eigenvalue weighted by molar-refractivity contribution is 0.134. The summed E-state index contributed by atoms with van der Waals surface area (Å²) in [6.07, 6.45) is 6.25. The quantitative estimate of drug-likeness (QED) is 0.124. The number of allylic oxidation sites excluding steroid dienone is 3. The lowest BCUT2D eigenvalue weighted by Crippen LogP contribution is -2.26. The van der Waals surface area contributed by atoms with E-state index in [4.69, 9.17) is 15.4 Å². The molecule has 0 aromatic heterocycles. The number of nitrogens with one attached hydrogen (secondary N) is 3. The van der Waals surface area contributed by atoms with Crippen molar-refractivity contribution >= 4 is 14.3 Å². The molecule has 0 fully saturated rings. The average Bonchev–Trinajstić information content (AvgIpc) is 2.34. The van der Waals surface area contributed by atoms with Gasteiger partial charge in [0, 0.05) is 38.7 Å². The van der Waals surface area contributed by atoms with Crippen molar-refractivity contribution in [2.45, 2.75) is 32.6 Å². The topological polar surface area (TPSA) is 77.4 Å². The zero-order chi connectivity index (χ0) is 14.7. The number of hydrogen-bond acceptors (Lipinski definition) is 5. The highest BCUT2D eigenvalue weighted by molar-refractivity contribution is 6.76. The number of ether oxygens (including phenoxy) is 1. The molecule has 1 unspecified atom stereocenters. The van der Waals surface area contributed by atoms with E-state index in [2.05, 4.69) is 25.0 Å². The largest absolute Gasteiger partial charge is 0.366 e. The van der Waals surface area contributed by atoms with E-state index in [9.17, 15) is 0 Å². The van der Waals surface area contributed by atoms with Crippen LogP contribution in [0.3, 0.4) is 0 Å². The van der Waals surface area contributed by atoms with Crippen LogP contribution in [0.15, 0.2) is 24.0 Å². The first kappa shape index (κ1) is 17.9. The standard InChI is InChI=1S/C13H27N3O2Si/c1-12(10-14)13(6-5-7-16-17)15-11-18-8-9-19(2,3)4/h5-7,10,12,14-17H,8-9,11H2,1-4H3/b7-5-,13-6+,14-10?. The Bertz CT molecular complexity index is 312. The van der Waals surface area contributed by atoms with Gasteiger partial charge in [0.2, 0.25) is 0 Å². The van der Waals surface area contributed by atoms with Gasteiger partial charge in [-0.15, -0.1) is 0 Å². The second kappa shape index (κ2) is 9.77. The van der Waals surface area contributed by atoms with Crippen LogP contribution in [0.1, 0.15) is 6.92 Å². The fraction of sp³-hybridized carbons (Fsp3) is 0.615. The van der Waals surface area contributed by atoms with Crippen LogP contribution in [0.5, 0.6) is 0 Å². The summed E-state index contributed by atoms with van der Waals surface area (Å²) in [4.78, 5) is 0. The molecule has 0 rings (SSSR count). The van der Waals surface area contributed by atoms with Crippen LogP contribution in [-0.4, -0.2) is 32.8 Å². The SMILES string of the molecule is CC(C=N)/C(=C\C=C/NO)NCOCC[Si](C)(C)C. The molecular weight excluding hydrogens is 258 g/mol. The molecule has 6 heteroatoms. The van der Waals surface area contributed by atoms with Crippen molar-refractivity contribution in [1.29, 1.82) is 5.41 Å². The monoisotopic (exact) mass is 285 g/mol. The summed E-state index contributed by atoms with van der Waals surface area (Å²) in [5, 5.41) is 18.9. The van der Waals surface area contributed by atoms with Crippen molar-refractivity contribution < 1.29 is 9.94 Å². The highest BCUT2D eigenvalue weighted by Crippen LogP contribution is 2.08. The molecule has 110 valence electrons. The number of hydroxylamine groups is 1. The first-order valence-corrected chi connectivity index (χ1v) is 10.2. The van der Waals surface area contributed by atoms with Gasteiger partial charge in [-0.3, -0.25) is 10.7 Å². The van der Waals surface area contributed by atoms with Crippen LogP contribution >= 0.6 is 0 Å². The Morgan fingerprint density at radius 1 is 1.42 bits per heavy atom. The van der Waals surface area contributed by atoms with Crippen LogP contribution in [0, 0.1) is 11.3 Å². The summed E-state index contributed by atoms with van der Waals surface area (Å²) < 4.78 is 5.56. The molecule has 0 aliphatic carbocycles. The van der Waals surface area contributed by atoms with Crippen molar-refractivity contribution in [2.24, 2.45) is 5.92 Å². The van der Waals surface area contributed by atoms with Crippen molar-refractivity contribution in [2.75, 3.05) is 13.3 Å². The molecule has 19 heavy (non-hydrogen) atoms. The van der Waals surface area contributed by atoms with E-state index in [0.29, 0.717) is 6.73 Å². The van der Waals surface area contributed by atoms with E-state index in [1.54, 1.807) is 12.2 Å². The molecule has 0 amide bonds. The van der Waals surface area contributed by atoms with E-state index in [0.717, 1.165) is 18.3 Å². The van der Waals surface area contributed by atoms with Gasteiger partial charge in [0.25, 0.3) is 0 Å². The summed E-state index contributed by atoms with van der Waals surface area (Å²) in [6, 6.07) is 1.14. The molecule has 1 atom stereocenters. The molecule has 0 aliphatic rings. The zero-order valence-electron chi connectivity index (χ0n) is 12.4. The fourth-order valence-corrected chi connectivity index (χ4v) is 2.00. The third kappa shape index (κ3) is 10.5. The van der Waals surface area contributed by atoms with E-state index >= 15 is 0 Å². The summed E-state index contributed by atoms with van der Waals surface area (Å²) in [7, 11) is -1.04. The van der Waals surface area contributed by atoms with E-state index in [-0.39, 0.29) is 5.92 Å². The highest BCUT2D eigenvalue weighted by Gasteiger charge is 2.12. The van der Waals surface area contributed by atoms with Gasteiger partial charge in [-0.1, -0.05) is 26.6 Å². The van der Waals surface area contributed by atoms with Crippen molar-refractivity contribution in [1.82, 2.24) is 10.8 Å². The molecule has 0 bridgehead atoms. The molecule has 0 heterocycles. The maximum absolute atomic E-state index is 8.45.